The van der Waals surface area contributed by atoms with E-state index in [1.54, 1.807) is 12.0 Å². The van der Waals surface area contributed by atoms with Crippen LogP contribution in [0.1, 0.15) is 18.9 Å². The summed E-state index contributed by atoms with van der Waals surface area (Å²) in [6, 6.07) is 14.6. The number of methoxy groups -OCH3 is 1. The van der Waals surface area contributed by atoms with Gasteiger partial charge < -0.3 is 19.7 Å². The second-order valence-corrected chi connectivity index (χ2v) is 6.43. The summed E-state index contributed by atoms with van der Waals surface area (Å²) in [5.74, 6) is 1.39. The van der Waals surface area contributed by atoms with E-state index in [4.69, 9.17) is 9.47 Å². The number of amides is 2. The van der Waals surface area contributed by atoms with Gasteiger partial charge in [0.2, 0.25) is 11.8 Å². The van der Waals surface area contributed by atoms with Gasteiger partial charge in [-0.2, -0.15) is 0 Å². The van der Waals surface area contributed by atoms with Crippen molar-refractivity contribution >= 4 is 17.5 Å². The molecule has 0 aliphatic carbocycles. The van der Waals surface area contributed by atoms with Crippen LogP contribution in [0.5, 0.6) is 11.5 Å². The molecule has 1 heterocycles. The smallest absolute Gasteiger partial charge is 0.229 e. The van der Waals surface area contributed by atoms with Crippen LogP contribution in [0, 0.1) is 0 Å². The van der Waals surface area contributed by atoms with Crippen molar-refractivity contribution in [2.75, 3.05) is 25.2 Å². The Morgan fingerprint density at radius 1 is 1.19 bits per heavy atom. The van der Waals surface area contributed by atoms with Gasteiger partial charge in [-0.05, 0) is 36.8 Å². The van der Waals surface area contributed by atoms with Crippen LogP contribution in [0.15, 0.2) is 48.5 Å². The highest BCUT2D eigenvalue weighted by atomic mass is 16.5. The predicted molar refractivity (Wildman–Crippen MR) is 103 cm³/mol. The lowest BCUT2D eigenvalue weighted by atomic mass is 10.1. The van der Waals surface area contributed by atoms with Crippen LogP contribution in [0.3, 0.4) is 0 Å². The Bertz CT molecular complexity index is 804. The quantitative estimate of drug-likeness (QED) is 0.816. The average molecular weight is 368 g/mol. The molecule has 6 nitrogen and oxygen atoms in total. The molecule has 27 heavy (non-hydrogen) atoms. The van der Waals surface area contributed by atoms with Crippen LogP contribution in [-0.4, -0.2) is 38.1 Å². The molecule has 142 valence electrons. The second kappa shape index (κ2) is 8.58. The number of anilines is 1. The third-order valence-corrected chi connectivity index (χ3v) is 4.45. The van der Waals surface area contributed by atoms with E-state index in [0.717, 1.165) is 17.0 Å². The van der Waals surface area contributed by atoms with Crippen molar-refractivity contribution in [1.82, 2.24) is 5.32 Å². The van der Waals surface area contributed by atoms with Gasteiger partial charge in [-0.25, -0.2) is 0 Å². The zero-order valence-electron chi connectivity index (χ0n) is 15.6. The van der Waals surface area contributed by atoms with Crippen molar-refractivity contribution in [2.24, 2.45) is 0 Å². The fraction of sp³-hybridized carbons (Fsp3) is 0.333. The maximum absolute atomic E-state index is 12.3. The molecule has 0 spiro atoms. The predicted octanol–water partition coefficient (Wildman–Crippen LogP) is 2.56. The Kier molecular flexibility index (Phi) is 5.96. The number of rotatable bonds is 7. The molecule has 6 heteroatoms. The molecule has 0 aromatic heterocycles. The minimum Gasteiger partial charge on any atom is -0.497 e. The number of nitrogens with zero attached hydrogens (tertiary/aromatic N) is 1. The molecule has 0 saturated carbocycles. The van der Waals surface area contributed by atoms with Crippen molar-refractivity contribution < 1.29 is 19.1 Å². The van der Waals surface area contributed by atoms with E-state index in [-0.39, 0.29) is 24.3 Å². The van der Waals surface area contributed by atoms with E-state index in [2.05, 4.69) is 5.32 Å². The molecule has 1 N–H and O–H groups in total. The Hall–Kier alpha value is -3.02. The van der Waals surface area contributed by atoms with Gasteiger partial charge >= 0.3 is 0 Å². The molecule has 2 aromatic rings. The summed E-state index contributed by atoms with van der Waals surface area (Å²) < 4.78 is 10.6. The number of benzene rings is 2. The molecule has 0 bridgehead atoms. The summed E-state index contributed by atoms with van der Waals surface area (Å²) in [6.07, 6.45) is 0.572. The first-order valence-electron chi connectivity index (χ1n) is 9.04. The highest BCUT2D eigenvalue weighted by Crippen LogP contribution is 2.25. The topological polar surface area (TPSA) is 67.9 Å². The maximum atomic E-state index is 12.3. The summed E-state index contributed by atoms with van der Waals surface area (Å²) in [7, 11) is 1.59. The Morgan fingerprint density at radius 3 is 2.67 bits per heavy atom. The minimum absolute atomic E-state index is 0.00498. The van der Waals surface area contributed by atoms with Gasteiger partial charge in [-0.3, -0.25) is 9.59 Å². The lowest BCUT2D eigenvalue weighted by Crippen LogP contribution is -2.38. The molecule has 0 unspecified atom stereocenters. The average Bonchev–Trinajstić information content (AvgIpc) is 3.03. The Balaban J connectivity index is 1.56. The first kappa shape index (κ1) is 18.8. The molecule has 1 fully saturated rings. The molecule has 1 aliphatic rings. The van der Waals surface area contributed by atoms with Crippen molar-refractivity contribution in [3.05, 3.63) is 54.1 Å². The SMILES string of the molecule is CCOc1ccc(CC(=O)N[C@H]2CC(=O)N(c3cccc(OC)c3)C2)cc1. The monoisotopic (exact) mass is 368 g/mol. The molecule has 2 amide bonds. The standard InChI is InChI=1S/C21H24N2O4/c1-3-27-18-9-7-15(8-10-18)11-20(24)22-16-12-21(25)23(14-16)17-5-4-6-19(13-17)26-2/h4-10,13,16H,3,11-12,14H2,1-2H3,(H,22,24)/t16-/m0/s1. The summed E-state index contributed by atoms with van der Waals surface area (Å²) in [5.41, 5.74) is 1.69. The fourth-order valence-corrected chi connectivity index (χ4v) is 3.17. The number of carbonyl (C=O) groups excluding carboxylic acids is 2. The van der Waals surface area contributed by atoms with E-state index < -0.39 is 0 Å². The third-order valence-electron chi connectivity index (χ3n) is 4.45. The maximum Gasteiger partial charge on any atom is 0.229 e. The van der Waals surface area contributed by atoms with E-state index in [1.807, 2.05) is 55.5 Å². The summed E-state index contributed by atoms with van der Waals surface area (Å²) >= 11 is 0. The van der Waals surface area contributed by atoms with Crippen molar-refractivity contribution in [3.8, 4) is 11.5 Å². The molecule has 0 radical (unpaired) electrons. The van der Waals surface area contributed by atoms with Gasteiger partial charge in [0.05, 0.1) is 26.2 Å². The van der Waals surface area contributed by atoms with Crippen LogP contribution in [0.25, 0.3) is 0 Å². The lowest BCUT2D eigenvalue weighted by molar-refractivity contribution is -0.121. The summed E-state index contributed by atoms with van der Waals surface area (Å²) in [6.45, 7) is 3.00. The zero-order valence-corrected chi connectivity index (χ0v) is 15.6. The van der Waals surface area contributed by atoms with Crippen LogP contribution in [0.4, 0.5) is 5.69 Å². The van der Waals surface area contributed by atoms with E-state index in [1.165, 1.54) is 0 Å². The number of carbonyl (C=O) groups is 2. The minimum atomic E-state index is -0.195. The van der Waals surface area contributed by atoms with E-state index in [9.17, 15) is 9.59 Å². The summed E-state index contributed by atoms with van der Waals surface area (Å²) in [4.78, 5) is 26.4. The number of hydrogen-bond donors (Lipinski definition) is 1. The van der Waals surface area contributed by atoms with Gasteiger partial charge in [0, 0.05) is 24.7 Å². The highest BCUT2D eigenvalue weighted by Gasteiger charge is 2.31. The first-order valence-corrected chi connectivity index (χ1v) is 9.04. The number of ether oxygens (including phenoxy) is 2. The van der Waals surface area contributed by atoms with Crippen molar-refractivity contribution in [1.29, 1.82) is 0 Å². The third kappa shape index (κ3) is 4.78. The Labute approximate surface area is 159 Å². The molecular formula is C21H24N2O4. The lowest BCUT2D eigenvalue weighted by Gasteiger charge is -2.18. The normalized spacial score (nSPS) is 16.3. The van der Waals surface area contributed by atoms with Gasteiger partial charge in [-0.15, -0.1) is 0 Å². The molecule has 1 saturated heterocycles. The van der Waals surface area contributed by atoms with Crippen LogP contribution in [0.2, 0.25) is 0 Å². The van der Waals surface area contributed by atoms with Gasteiger partial charge in [0.1, 0.15) is 11.5 Å². The molecule has 1 atom stereocenters. The van der Waals surface area contributed by atoms with Crippen LogP contribution < -0.4 is 19.7 Å². The zero-order chi connectivity index (χ0) is 19.2. The molecular weight excluding hydrogens is 344 g/mol. The van der Waals surface area contributed by atoms with Crippen molar-refractivity contribution in [2.45, 2.75) is 25.8 Å². The van der Waals surface area contributed by atoms with Gasteiger partial charge in [-0.1, -0.05) is 18.2 Å². The van der Waals surface area contributed by atoms with Gasteiger partial charge in [0.25, 0.3) is 0 Å². The summed E-state index contributed by atoms with van der Waals surface area (Å²) in [5, 5.41) is 2.96. The molecule has 2 aromatic carbocycles. The molecule has 1 aliphatic heterocycles. The van der Waals surface area contributed by atoms with E-state index in [0.29, 0.717) is 25.3 Å². The fourth-order valence-electron chi connectivity index (χ4n) is 3.17. The number of hydrogen-bond acceptors (Lipinski definition) is 4. The first-order chi connectivity index (χ1) is 13.1. The largest absolute Gasteiger partial charge is 0.497 e. The van der Waals surface area contributed by atoms with Crippen molar-refractivity contribution in [3.63, 3.8) is 0 Å². The Morgan fingerprint density at radius 2 is 1.96 bits per heavy atom. The van der Waals surface area contributed by atoms with Crippen LogP contribution in [-0.2, 0) is 16.0 Å². The van der Waals surface area contributed by atoms with Gasteiger partial charge in [0.15, 0.2) is 0 Å². The van der Waals surface area contributed by atoms with E-state index >= 15 is 0 Å². The second-order valence-electron chi connectivity index (χ2n) is 6.43. The highest BCUT2D eigenvalue weighted by molar-refractivity contribution is 5.97. The van der Waals surface area contributed by atoms with Crippen LogP contribution >= 0.6 is 0 Å². The number of nitrogens with one attached hydrogen (secondary N) is 1. The molecule has 3 rings (SSSR count).